The van der Waals surface area contributed by atoms with Crippen LogP contribution in [-0.4, -0.2) is 35.8 Å². The number of nitrogens with one attached hydrogen (secondary N) is 1. The van der Waals surface area contributed by atoms with Crippen LogP contribution in [0.3, 0.4) is 0 Å². The molecule has 5 nitrogen and oxygen atoms in total. The third-order valence-electron chi connectivity index (χ3n) is 9.40. The van der Waals surface area contributed by atoms with Crippen LogP contribution in [0.25, 0.3) is 0 Å². The molecule has 2 saturated carbocycles. The minimum Gasteiger partial charge on any atom is -0.411 e. The molecule has 2 aromatic carbocycles. The van der Waals surface area contributed by atoms with Gasteiger partial charge in [-0.15, -0.1) is 0 Å². The number of amidine groups is 1. The number of hydrogen-bond donors (Lipinski definition) is 1. The van der Waals surface area contributed by atoms with Gasteiger partial charge in [-0.3, -0.25) is 9.79 Å². The maximum Gasteiger partial charge on any atom is 0.165 e. The second-order valence-electron chi connectivity index (χ2n) is 12.3. The molecule has 2 atom stereocenters. The van der Waals surface area contributed by atoms with Gasteiger partial charge < -0.3 is 21.3 Å². The molecule has 42 heavy (non-hydrogen) atoms. The van der Waals surface area contributed by atoms with Crippen molar-refractivity contribution in [2.75, 3.05) is 13.1 Å². The second-order valence-corrected chi connectivity index (χ2v) is 12.3. The SMILES string of the molecule is Cc1cccc(CN=C2C=C(C3CCCC(C(=O)c4ccc(C5CCCCC5)cc4)CC3)NC3=[C-]C=NCCN32)c1.[Md]. The van der Waals surface area contributed by atoms with E-state index >= 15 is 0 Å². The summed E-state index contributed by atoms with van der Waals surface area (Å²) in [7, 11) is 0. The van der Waals surface area contributed by atoms with Gasteiger partial charge in [0.05, 0.1) is 13.1 Å². The molecular weight excluding hydrogens is 762 g/mol. The monoisotopic (exact) mass is 805 g/mol. The molecule has 6 heteroatoms. The molecule has 2 fully saturated rings. The van der Waals surface area contributed by atoms with E-state index < -0.39 is 0 Å². The van der Waals surface area contributed by atoms with Crippen LogP contribution in [0.1, 0.15) is 97.2 Å². The number of nitrogens with zero attached hydrogens (tertiary/aromatic N) is 3. The number of aliphatic imine (C=N–C) groups is 2. The van der Waals surface area contributed by atoms with E-state index in [4.69, 9.17) is 4.99 Å². The summed E-state index contributed by atoms with van der Waals surface area (Å²) < 4.78 is 0. The van der Waals surface area contributed by atoms with E-state index in [-0.39, 0.29) is 5.92 Å². The van der Waals surface area contributed by atoms with E-state index in [1.54, 1.807) is 6.21 Å². The molecule has 0 amide bonds. The number of aryl methyl sites for hydroxylation is 1. The molecule has 1 N–H and O–H groups in total. The van der Waals surface area contributed by atoms with Crippen molar-refractivity contribution in [2.24, 2.45) is 21.8 Å². The van der Waals surface area contributed by atoms with E-state index in [0.717, 1.165) is 62.4 Å². The summed E-state index contributed by atoms with van der Waals surface area (Å²) >= 11 is 0. The Balaban J connectivity index is 0.00000353. The Hall–Kier alpha value is -4.47. The van der Waals surface area contributed by atoms with E-state index in [9.17, 15) is 4.79 Å². The number of carbonyl (C=O) groups is 1. The average molecular weight is 806 g/mol. The first-order chi connectivity index (χ1) is 20.1. The molecule has 0 aromatic heterocycles. The summed E-state index contributed by atoms with van der Waals surface area (Å²) in [5.41, 5.74) is 5.98. The van der Waals surface area contributed by atoms with Crippen molar-refractivity contribution in [3.05, 3.63) is 94.5 Å². The summed E-state index contributed by atoms with van der Waals surface area (Å²) in [5, 5.41) is 3.68. The Morgan fingerprint density at radius 3 is 2.60 bits per heavy atom. The zero-order valence-corrected chi connectivity index (χ0v) is 27.0. The fourth-order valence-corrected chi connectivity index (χ4v) is 7.04. The largest absolute Gasteiger partial charge is 0.411 e. The van der Waals surface area contributed by atoms with Crippen molar-refractivity contribution < 1.29 is 4.79 Å². The molecule has 2 aliphatic heterocycles. The maximum absolute atomic E-state index is 13.6. The second kappa shape index (κ2) is 13.5. The summed E-state index contributed by atoms with van der Waals surface area (Å²) in [4.78, 5) is 25.3. The summed E-state index contributed by atoms with van der Waals surface area (Å²) in [6, 6.07) is 17.2. The Kier molecular flexibility index (Phi) is 9.31. The summed E-state index contributed by atoms with van der Waals surface area (Å²) in [6.45, 7) is 4.27. The van der Waals surface area contributed by atoms with Crippen LogP contribution in [0.5, 0.6) is 0 Å². The van der Waals surface area contributed by atoms with Gasteiger partial charge in [0.1, 0.15) is 5.84 Å². The van der Waals surface area contributed by atoms with Crippen LogP contribution in [-0.2, 0) is 6.54 Å². The number of carbonyl (C=O) groups excluding carboxylic acids is 1. The van der Waals surface area contributed by atoms with Crippen LogP contribution >= 0.6 is 0 Å². The fraction of sp³-hybridized carbons (Fsp3) is 0.472. The van der Waals surface area contributed by atoms with Gasteiger partial charge in [-0.2, -0.15) is 6.21 Å². The first-order valence-corrected chi connectivity index (χ1v) is 15.8. The summed E-state index contributed by atoms with van der Waals surface area (Å²) in [6.07, 6.45) is 19.0. The zero-order valence-electron chi connectivity index (χ0n) is 24.7. The van der Waals surface area contributed by atoms with Gasteiger partial charge in [0, 0.05) is 29.8 Å². The standard InChI is InChI=1S/C36H43N4O.Md/c1-26-7-5-8-27(23-26)25-38-35-24-33(39-34-19-20-37-21-22-40(34)35)30-11-6-12-31(18-15-30)36(41)32-16-13-29(14-17-32)28-9-3-2-4-10-28;/h5,7-8,13-14,16-17,20,23-24,28,30-31,39H,2-4,6,9-12,15,18,21-22,25H2,1H3;/q-1;. The number of allylic oxidation sites excluding steroid dienone is 2. The number of Topliss-reactive ketones (excluding diaryl/α,β-unsaturated/α-hetero) is 1. The molecule has 0 spiro atoms. The van der Waals surface area contributed by atoms with Crippen molar-refractivity contribution in [2.45, 2.75) is 83.6 Å². The van der Waals surface area contributed by atoms with Crippen molar-refractivity contribution in [1.29, 1.82) is 0 Å². The van der Waals surface area contributed by atoms with Crippen LogP contribution in [0.2, 0.25) is 0 Å². The normalized spacial score (nSPS) is 23.9. The molecule has 4 aliphatic rings. The number of ketones is 1. The first kappa shape index (κ1) is 29.0. The van der Waals surface area contributed by atoms with Crippen LogP contribution in [0, 0.1) is 24.8 Å². The van der Waals surface area contributed by atoms with E-state index in [0.29, 0.717) is 24.2 Å². The molecule has 2 aromatic rings. The zero-order chi connectivity index (χ0) is 28.0. The number of fused-ring (bicyclic) bond motifs is 1. The minimum atomic E-state index is 0. The maximum atomic E-state index is 13.6. The number of hydrogen-bond acceptors (Lipinski definition) is 4. The molecule has 227 valence electrons. The van der Waals surface area contributed by atoms with Gasteiger partial charge in [0.15, 0.2) is 5.78 Å². The topological polar surface area (TPSA) is 57.1 Å². The Labute approximate surface area is 245 Å². The van der Waals surface area contributed by atoms with Gasteiger partial charge >= 0.3 is 0 Å². The molecule has 2 unspecified atom stereocenters. The molecule has 0 bridgehead atoms. The predicted octanol–water partition coefficient (Wildman–Crippen LogP) is 7.54. The van der Waals surface area contributed by atoms with Gasteiger partial charge in [-0.25, -0.2) is 0 Å². The molecular formula is C36H43MdN4O-. The van der Waals surface area contributed by atoms with Crippen LogP contribution in [0.15, 0.2) is 76.1 Å². The van der Waals surface area contributed by atoms with Gasteiger partial charge in [-0.1, -0.05) is 85.6 Å². The van der Waals surface area contributed by atoms with Crippen molar-refractivity contribution in [3.63, 3.8) is 0 Å². The van der Waals surface area contributed by atoms with Crippen LogP contribution < -0.4 is 5.32 Å². The summed E-state index contributed by atoms with van der Waals surface area (Å²) in [5.74, 6) is 3.39. The smallest absolute Gasteiger partial charge is 0.165 e. The van der Waals surface area contributed by atoms with Crippen LogP contribution in [0.4, 0.5) is 0 Å². The van der Waals surface area contributed by atoms with Crippen molar-refractivity contribution >= 4 is 17.8 Å². The van der Waals surface area contributed by atoms with Gasteiger partial charge in [0.2, 0.25) is 0 Å². The van der Waals surface area contributed by atoms with E-state index in [2.05, 4.69) is 82.8 Å². The quantitative estimate of drug-likeness (QED) is 0.187. The van der Waals surface area contributed by atoms with E-state index in [1.165, 1.54) is 54.5 Å². The molecule has 2 heterocycles. The average Bonchev–Trinajstić information content (AvgIpc) is 3.41. The Bertz CT molecular complexity index is 1350. The van der Waals surface area contributed by atoms with Crippen molar-refractivity contribution in [1.82, 2.24) is 10.2 Å². The molecule has 6 rings (SSSR count). The van der Waals surface area contributed by atoms with Crippen molar-refractivity contribution in [3.8, 4) is 0 Å². The fourth-order valence-electron chi connectivity index (χ4n) is 7.04. The number of rotatable bonds is 6. The Morgan fingerprint density at radius 2 is 1.79 bits per heavy atom. The first-order valence-electron chi connectivity index (χ1n) is 15.8. The number of benzene rings is 2. The van der Waals surface area contributed by atoms with E-state index in [1.807, 2.05) is 0 Å². The molecule has 0 saturated heterocycles. The van der Waals surface area contributed by atoms with Gasteiger partial charge in [-0.05, 0) is 68.4 Å². The minimum absolute atomic E-state index is 0. The third kappa shape index (κ3) is 6.70. The molecule has 1 radical (unpaired) electrons. The third-order valence-corrected chi connectivity index (χ3v) is 9.40. The molecule has 2 aliphatic carbocycles. The Morgan fingerprint density at radius 1 is 0.976 bits per heavy atom. The predicted molar refractivity (Wildman–Crippen MR) is 167 cm³/mol. The van der Waals surface area contributed by atoms with Gasteiger partial charge in [0.25, 0.3) is 0 Å².